The van der Waals surface area contributed by atoms with Crippen LogP contribution in [-0.4, -0.2) is 6.29 Å². The Bertz CT molecular complexity index is 442. The van der Waals surface area contributed by atoms with Crippen molar-refractivity contribution >= 4 is 11.9 Å². The number of hydrogen-bond donors (Lipinski definition) is 0. The van der Waals surface area contributed by atoms with Gasteiger partial charge >= 0.3 is 0 Å². The minimum atomic E-state index is -0.257. The maximum Gasteiger partial charge on any atom is 0.130 e. The molecule has 0 N–H and O–H groups in total. The molecule has 0 spiro atoms. The lowest BCUT2D eigenvalue weighted by molar-refractivity contribution is -0.114. The summed E-state index contributed by atoms with van der Waals surface area (Å²) in [6.07, 6.45) is 10.2. The number of benzene rings is 1. The zero-order chi connectivity index (χ0) is 12.1. The maximum absolute atomic E-state index is 11.2. The van der Waals surface area contributed by atoms with E-state index in [2.05, 4.69) is 37.3 Å². The fourth-order valence-corrected chi connectivity index (χ4v) is 2.33. The summed E-state index contributed by atoms with van der Waals surface area (Å²) in [5.74, 6) is 0. The largest absolute Gasteiger partial charge is 0.302 e. The fraction of sp³-hybridized carbons (Fsp3) is 0.312. The Morgan fingerprint density at radius 1 is 1.29 bits per heavy atom. The Hall–Kier alpha value is -1.63. The molecule has 1 aromatic rings. The number of rotatable bonds is 4. The van der Waals surface area contributed by atoms with Crippen LogP contribution in [0.1, 0.15) is 31.7 Å². The van der Waals surface area contributed by atoms with Crippen molar-refractivity contribution in [3.05, 3.63) is 54.1 Å². The van der Waals surface area contributed by atoms with Crippen LogP contribution in [0.5, 0.6) is 0 Å². The van der Waals surface area contributed by atoms with Crippen LogP contribution in [0.15, 0.2) is 48.6 Å². The van der Waals surface area contributed by atoms with Crippen molar-refractivity contribution in [2.75, 3.05) is 0 Å². The molecular formula is C16H18O. The molecule has 88 valence electrons. The minimum absolute atomic E-state index is 0.257. The SMILES string of the molecule is CCCC1(C=O)C=CC(c2ccccc2)=CC1. The molecule has 0 aliphatic heterocycles. The summed E-state index contributed by atoms with van der Waals surface area (Å²) in [4.78, 5) is 11.2. The van der Waals surface area contributed by atoms with Gasteiger partial charge in [0.2, 0.25) is 0 Å². The van der Waals surface area contributed by atoms with Gasteiger partial charge in [-0.25, -0.2) is 0 Å². The first-order chi connectivity index (χ1) is 8.29. The summed E-state index contributed by atoms with van der Waals surface area (Å²) in [5, 5.41) is 0. The highest BCUT2D eigenvalue weighted by Gasteiger charge is 2.26. The molecule has 0 heterocycles. The standard InChI is InChI=1S/C16H18O/c1-2-10-16(13-17)11-8-15(9-12-16)14-6-4-3-5-7-14/h3-9,11,13H,2,10,12H2,1H3. The number of aldehydes is 1. The minimum Gasteiger partial charge on any atom is -0.302 e. The van der Waals surface area contributed by atoms with E-state index in [-0.39, 0.29) is 5.41 Å². The molecule has 1 heteroatoms. The maximum atomic E-state index is 11.2. The Morgan fingerprint density at radius 3 is 2.59 bits per heavy atom. The molecule has 1 atom stereocenters. The second kappa shape index (κ2) is 5.13. The highest BCUT2D eigenvalue weighted by Crippen LogP contribution is 2.35. The van der Waals surface area contributed by atoms with Gasteiger partial charge < -0.3 is 4.79 Å². The van der Waals surface area contributed by atoms with Crippen molar-refractivity contribution in [3.8, 4) is 0 Å². The molecule has 1 unspecified atom stereocenters. The van der Waals surface area contributed by atoms with Crippen molar-refractivity contribution in [2.45, 2.75) is 26.2 Å². The molecule has 1 aliphatic rings. The summed E-state index contributed by atoms with van der Waals surface area (Å²) in [5.41, 5.74) is 2.19. The lowest BCUT2D eigenvalue weighted by atomic mass is 9.77. The van der Waals surface area contributed by atoms with Gasteiger partial charge in [0.05, 0.1) is 0 Å². The van der Waals surface area contributed by atoms with Crippen molar-refractivity contribution < 1.29 is 4.79 Å². The topological polar surface area (TPSA) is 17.1 Å². The average molecular weight is 226 g/mol. The van der Waals surface area contributed by atoms with E-state index in [9.17, 15) is 4.79 Å². The molecular weight excluding hydrogens is 208 g/mol. The van der Waals surface area contributed by atoms with Gasteiger partial charge in [0.1, 0.15) is 6.29 Å². The lowest BCUT2D eigenvalue weighted by Gasteiger charge is -2.26. The molecule has 0 saturated carbocycles. The molecule has 1 nitrogen and oxygen atoms in total. The van der Waals surface area contributed by atoms with Crippen LogP contribution in [0.2, 0.25) is 0 Å². The highest BCUT2D eigenvalue weighted by atomic mass is 16.1. The number of allylic oxidation sites excluding steroid dienone is 4. The zero-order valence-corrected chi connectivity index (χ0v) is 10.2. The van der Waals surface area contributed by atoms with Gasteiger partial charge in [-0.2, -0.15) is 0 Å². The van der Waals surface area contributed by atoms with E-state index in [4.69, 9.17) is 0 Å². The molecule has 0 saturated heterocycles. The first kappa shape index (κ1) is 11.8. The molecule has 0 aromatic heterocycles. The monoisotopic (exact) mass is 226 g/mol. The first-order valence-corrected chi connectivity index (χ1v) is 6.21. The van der Waals surface area contributed by atoms with Crippen molar-refractivity contribution in [2.24, 2.45) is 5.41 Å². The third-order valence-corrected chi connectivity index (χ3v) is 3.35. The smallest absolute Gasteiger partial charge is 0.130 e. The third-order valence-electron chi connectivity index (χ3n) is 3.35. The van der Waals surface area contributed by atoms with Gasteiger partial charge in [-0.15, -0.1) is 0 Å². The zero-order valence-electron chi connectivity index (χ0n) is 10.2. The quantitative estimate of drug-likeness (QED) is 0.709. The Labute approximate surface area is 103 Å². The van der Waals surface area contributed by atoms with Crippen LogP contribution in [0, 0.1) is 5.41 Å². The van der Waals surface area contributed by atoms with E-state index in [1.165, 1.54) is 11.1 Å². The Balaban J connectivity index is 2.18. The van der Waals surface area contributed by atoms with Crippen LogP contribution in [-0.2, 0) is 4.79 Å². The number of carbonyl (C=O) groups is 1. The molecule has 0 amide bonds. The second-order valence-corrected chi connectivity index (χ2v) is 4.66. The van der Waals surface area contributed by atoms with Gasteiger partial charge in [-0.1, -0.05) is 61.9 Å². The molecule has 0 radical (unpaired) electrons. The van der Waals surface area contributed by atoms with E-state index in [1.54, 1.807) is 0 Å². The van der Waals surface area contributed by atoms with Gasteiger partial charge in [0, 0.05) is 5.41 Å². The normalized spacial score (nSPS) is 23.2. The highest BCUT2D eigenvalue weighted by molar-refractivity contribution is 5.78. The molecule has 0 bridgehead atoms. The van der Waals surface area contributed by atoms with Crippen molar-refractivity contribution in [1.29, 1.82) is 0 Å². The van der Waals surface area contributed by atoms with Crippen LogP contribution in [0.3, 0.4) is 0 Å². The lowest BCUT2D eigenvalue weighted by Crippen LogP contribution is -2.20. The third kappa shape index (κ3) is 2.55. The fourth-order valence-electron chi connectivity index (χ4n) is 2.33. The molecule has 2 rings (SSSR count). The van der Waals surface area contributed by atoms with Crippen LogP contribution < -0.4 is 0 Å². The van der Waals surface area contributed by atoms with Gasteiger partial charge in [-0.05, 0) is 24.0 Å². The van der Waals surface area contributed by atoms with Crippen LogP contribution >= 0.6 is 0 Å². The van der Waals surface area contributed by atoms with Crippen molar-refractivity contribution in [3.63, 3.8) is 0 Å². The molecule has 1 aromatic carbocycles. The van der Waals surface area contributed by atoms with E-state index in [0.29, 0.717) is 0 Å². The van der Waals surface area contributed by atoms with Crippen LogP contribution in [0.25, 0.3) is 5.57 Å². The van der Waals surface area contributed by atoms with Gasteiger partial charge in [0.25, 0.3) is 0 Å². The molecule has 1 aliphatic carbocycles. The predicted molar refractivity (Wildman–Crippen MR) is 71.6 cm³/mol. The predicted octanol–water partition coefficient (Wildman–Crippen LogP) is 4.02. The average Bonchev–Trinajstić information content (AvgIpc) is 2.41. The number of hydrogen-bond acceptors (Lipinski definition) is 1. The van der Waals surface area contributed by atoms with Gasteiger partial charge in [-0.3, -0.25) is 0 Å². The second-order valence-electron chi connectivity index (χ2n) is 4.66. The summed E-state index contributed by atoms with van der Waals surface area (Å²) in [6.45, 7) is 2.12. The van der Waals surface area contributed by atoms with E-state index in [0.717, 1.165) is 25.5 Å². The summed E-state index contributed by atoms with van der Waals surface area (Å²) < 4.78 is 0. The van der Waals surface area contributed by atoms with Crippen molar-refractivity contribution in [1.82, 2.24) is 0 Å². The summed E-state index contributed by atoms with van der Waals surface area (Å²) in [6, 6.07) is 10.3. The Morgan fingerprint density at radius 2 is 2.06 bits per heavy atom. The van der Waals surface area contributed by atoms with E-state index in [1.807, 2.05) is 18.2 Å². The summed E-state index contributed by atoms with van der Waals surface area (Å²) in [7, 11) is 0. The molecule has 0 fully saturated rings. The number of carbonyl (C=O) groups excluding carboxylic acids is 1. The van der Waals surface area contributed by atoms with E-state index >= 15 is 0 Å². The molecule has 17 heavy (non-hydrogen) atoms. The summed E-state index contributed by atoms with van der Waals surface area (Å²) >= 11 is 0. The van der Waals surface area contributed by atoms with Gasteiger partial charge in [0.15, 0.2) is 0 Å². The Kier molecular flexibility index (Phi) is 3.58. The van der Waals surface area contributed by atoms with Crippen LogP contribution in [0.4, 0.5) is 0 Å². The first-order valence-electron chi connectivity index (χ1n) is 6.21. The van der Waals surface area contributed by atoms with E-state index < -0.39 is 0 Å².